The summed E-state index contributed by atoms with van der Waals surface area (Å²) >= 11 is 0. The standard InChI is InChI=1S/C13H17FN2O2/c1-18-12-3-2-10(13(14)8-12)9-16-6-4-11(15-17)5-7-16/h2-3,8,17H,4-7,9H2,1H3. The number of hydrogen-bond acceptors (Lipinski definition) is 4. The number of likely N-dealkylation sites (tertiary alicyclic amines) is 1. The molecule has 0 saturated carbocycles. The van der Waals surface area contributed by atoms with Crippen LogP contribution in [-0.2, 0) is 6.54 Å². The SMILES string of the molecule is COc1ccc(CN2CCC(=NO)CC2)c(F)c1. The van der Waals surface area contributed by atoms with Crippen LogP contribution in [0.3, 0.4) is 0 Å². The Bertz CT molecular complexity index is 439. The molecule has 1 fully saturated rings. The molecule has 0 atom stereocenters. The van der Waals surface area contributed by atoms with E-state index in [4.69, 9.17) is 9.94 Å². The highest BCUT2D eigenvalue weighted by atomic mass is 19.1. The van der Waals surface area contributed by atoms with Gasteiger partial charge in [-0.15, -0.1) is 0 Å². The summed E-state index contributed by atoms with van der Waals surface area (Å²) in [5.74, 6) is 0.292. The molecule has 1 aliphatic rings. The molecule has 98 valence electrons. The Balaban J connectivity index is 1.98. The maximum absolute atomic E-state index is 13.8. The van der Waals surface area contributed by atoms with Gasteiger partial charge in [0.25, 0.3) is 0 Å². The van der Waals surface area contributed by atoms with Gasteiger partial charge in [-0.25, -0.2) is 4.39 Å². The van der Waals surface area contributed by atoms with Crippen molar-refractivity contribution in [2.24, 2.45) is 5.16 Å². The molecule has 0 radical (unpaired) electrons. The van der Waals surface area contributed by atoms with Crippen molar-refractivity contribution < 1.29 is 14.3 Å². The molecule has 1 aliphatic heterocycles. The first kappa shape index (κ1) is 12.8. The smallest absolute Gasteiger partial charge is 0.131 e. The minimum atomic E-state index is -0.240. The fraction of sp³-hybridized carbons (Fsp3) is 0.462. The average molecular weight is 252 g/mol. The van der Waals surface area contributed by atoms with Crippen LogP contribution in [-0.4, -0.2) is 36.0 Å². The highest BCUT2D eigenvalue weighted by Gasteiger charge is 2.16. The zero-order valence-electron chi connectivity index (χ0n) is 10.4. The van der Waals surface area contributed by atoms with Gasteiger partial charge in [-0.05, 0) is 6.07 Å². The highest BCUT2D eigenvalue weighted by Crippen LogP contribution is 2.19. The number of oxime groups is 1. The van der Waals surface area contributed by atoms with Crippen LogP contribution >= 0.6 is 0 Å². The third-order valence-corrected chi connectivity index (χ3v) is 3.23. The molecular formula is C13H17FN2O2. The van der Waals surface area contributed by atoms with Crippen molar-refractivity contribution in [1.82, 2.24) is 4.90 Å². The van der Waals surface area contributed by atoms with Gasteiger partial charge in [0.15, 0.2) is 0 Å². The summed E-state index contributed by atoms with van der Waals surface area (Å²) in [4.78, 5) is 2.15. The van der Waals surface area contributed by atoms with Crippen LogP contribution in [0.5, 0.6) is 5.75 Å². The zero-order valence-corrected chi connectivity index (χ0v) is 10.4. The Labute approximate surface area is 106 Å². The van der Waals surface area contributed by atoms with Crippen LogP contribution < -0.4 is 4.74 Å². The largest absolute Gasteiger partial charge is 0.497 e. The van der Waals surface area contributed by atoms with Crippen molar-refractivity contribution in [1.29, 1.82) is 0 Å². The van der Waals surface area contributed by atoms with E-state index in [2.05, 4.69) is 10.1 Å². The molecule has 1 heterocycles. The van der Waals surface area contributed by atoms with Crippen molar-refractivity contribution in [2.75, 3.05) is 20.2 Å². The molecule has 0 spiro atoms. The quantitative estimate of drug-likeness (QED) is 0.663. The van der Waals surface area contributed by atoms with Crippen LogP contribution in [0.4, 0.5) is 4.39 Å². The minimum Gasteiger partial charge on any atom is -0.497 e. The number of hydrogen-bond donors (Lipinski definition) is 1. The zero-order chi connectivity index (χ0) is 13.0. The van der Waals surface area contributed by atoms with Gasteiger partial charge >= 0.3 is 0 Å². The maximum Gasteiger partial charge on any atom is 0.131 e. The summed E-state index contributed by atoms with van der Waals surface area (Å²) in [7, 11) is 1.52. The van der Waals surface area contributed by atoms with Gasteiger partial charge < -0.3 is 9.94 Å². The van der Waals surface area contributed by atoms with Gasteiger partial charge in [-0.2, -0.15) is 0 Å². The molecule has 0 bridgehead atoms. The maximum atomic E-state index is 13.8. The van der Waals surface area contributed by atoms with Crippen LogP contribution in [0.15, 0.2) is 23.4 Å². The van der Waals surface area contributed by atoms with E-state index in [0.29, 0.717) is 17.9 Å². The lowest BCUT2D eigenvalue weighted by molar-refractivity contribution is 0.253. The molecule has 0 aromatic heterocycles. The van der Waals surface area contributed by atoms with Gasteiger partial charge in [0, 0.05) is 44.1 Å². The molecule has 1 N–H and O–H groups in total. The topological polar surface area (TPSA) is 45.1 Å². The van der Waals surface area contributed by atoms with Crippen molar-refractivity contribution in [3.63, 3.8) is 0 Å². The van der Waals surface area contributed by atoms with Gasteiger partial charge in [0.1, 0.15) is 11.6 Å². The molecule has 0 amide bonds. The summed E-state index contributed by atoms with van der Waals surface area (Å²) in [5, 5.41) is 11.9. The predicted molar refractivity (Wildman–Crippen MR) is 66.7 cm³/mol. The second-order valence-electron chi connectivity index (χ2n) is 4.40. The van der Waals surface area contributed by atoms with E-state index in [9.17, 15) is 4.39 Å². The van der Waals surface area contributed by atoms with Crippen LogP contribution in [0.2, 0.25) is 0 Å². The van der Waals surface area contributed by atoms with E-state index in [1.165, 1.54) is 13.2 Å². The van der Waals surface area contributed by atoms with Gasteiger partial charge in [-0.1, -0.05) is 11.2 Å². The Kier molecular flexibility index (Phi) is 4.15. The summed E-state index contributed by atoms with van der Waals surface area (Å²) in [6.45, 7) is 2.17. The van der Waals surface area contributed by atoms with Crippen LogP contribution in [0.1, 0.15) is 18.4 Å². The van der Waals surface area contributed by atoms with Crippen LogP contribution in [0, 0.1) is 5.82 Å². The number of benzene rings is 1. The van der Waals surface area contributed by atoms with Crippen molar-refractivity contribution >= 4 is 5.71 Å². The Hall–Kier alpha value is -1.62. The lowest BCUT2D eigenvalue weighted by Gasteiger charge is -2.27. The van der Waals surface area contributed by atoms with Gasteiger partial charge in [-0.3, -0.25) is 4.90 Å². The molecule has 2 rings (SSSR count). The second kappa shape index (κ2) is 5.82. The number of methoxy groups -OCH3 is 1. The molecule has 5 heteroatoms. The van der Waals surface area contributed by atoms with Crippen molar-refractivity contribution in [3.05, 3.63) is 29.6 Å². The van der Waals surface area contributed by atoms with E-state index in [-0.39, 0.29) is 5.82 Å². The third-order valence-electron chi connectivity index (χ3n) is 3.23. The first-order chi connectivity index (χ1) is 8.72. The number of rotatable bonds is 3. The average Bonchev–Trinajstić information content (AvgIpc) is 2.42. The molecule has 0 aliphatic carbocycles. The third kappa shape index (κ3) is 2.98. The van der Waals surface area contributed by atoms with E-state index in [0.717, 1.165) is 31.6 Å². The van der Waals surface area contributed by atoms with E-state index >= 15 is 0 Å². The minimum absolute atomic E-state index is 0.240. The number of halogens is 1. The summed E-state index contributed by atoms with van der Waals surface area (Å²) in [6, 6.07) is 4.92. The lowest BCUT2D eigenvalue weighted by atomic mass is 10.1. The summed E-state index contributed by atoms with van der Waals surface area (Å²) in [6.07, 6.45) is 1.49. The lowest BCUT2D eigenvalue weighted by Crippen LogP contribution is -2.33. The van der Waals surface area contributed by atoms with Crippen LogP contribution in [0.25, 0.3) is 0 Å². The first-order valence-corrected chi connectivity index (χ1v) is 5.97. The van der Waals surface area contributed by atoms with Crippen molar-refractivity contribution in [3.8, 4) is 5.75 Å². The summed E-state index contributed by atoms with van der Waals surface area (Å²) < 4.78 is 18.7. The Morgan fingerprint density at radius 1 is 1.39 bits per heavy atom. The number of nitrogens with zero attached hydrogens (tertiary/aromatic N) is 2. The van der Waals surface area contributed by atoms with E-state index < -0.39 is 0 Å². The second-order valence-corrected chi connectivity index (χ2v) is 4.40. The molecule has 1 aromatic rings. The van der Waals surface area contributed by atoms with Crippen molar-refractivity contribution in [2.45, 2.75) is 19.4 Å². The molecule has 1 aromatic carbocycles. The van der Waals surface area contributed by atoms with E-state index in [1.54, 1.807) is 12.1 Å². The normalized spacial score (nSPS) is 16.7. The Morgan fingerprint density at radius 3 is 2.67 bits per heavy atom. The summed E-state index contributed by atoms with van der Waals surface area (Å²) in [5.41, 5.74) is 1.49. The highest BCUT2D eigenvalue weighted by molar-refractivity contribution is 5.84. The molecule has 4 nitrogen and oxygen atoms in total. The van der Waals surface area contributed by atoms with Gasteiger partial charge in [0.2, 0.25) is 0 Å². The molecule has 0 unspecified atom stereocenters. The van der Waals surface area contributed by atoms with Gasteiger partial charge in [0.05, 0.1) is 12.8 Å². The first-order valence-electron chi connectivity index (χ1n) is 5.97. The molecule has 1 saturated heterocycles. The molecule has 18 heavy (non-hydrogen) atoms. The molecular weight excluding hydrogens is 235 g/mol. The fourth-order valence-corrected chi connectivity index (χ4v) is 2.09. The predicted octanol–water partition coefficient (Wildman–Crippen LogP) is 2.26. The number of ether oxygens (including phenoxy) is 1. The van der Waals surface area contributed by atoms with E-state index in [1.807, 2.05) is 0 Å². The number of piperidine rings is 1. The fourth-order valence-electron chi connectivity index (χ4n) is 2.09. The Morgan fingerprint density at radius 2 is 2.11 bits per heavy atom. The monoisotopic (exact) mass is 252 g/mol.